The molecule has 1 N–H and O–H groups in total. The van der Waals surface area contributed by atoms with Crippen LogP contribution in [0, 0.1) is 5.92 Å². The summed E-state index contributed by atoms with van der Waals surface area (Å²) in [6.07, 6.45) is 2.43. The van der Waals surface area contributed by atoms with Gasteiger partial charge in [-0.25, -0.2) is 4.98 Å². The Kier molecular flexibility index (Phi) is 5.43. The molecule has 1 atom stereocenters. The Balaban J connectivity index is 2.10. The molecule has 1 aromatic heterocycles. The molecule has 0 bridgehead atoms. The summed E-state index contributed by atoms with van der Waals surface area (Å²) < 4.78 is 5.27. The molecule has 1 saturated heterocycles. The average molecular weight is 284 g/mol. The summed E-state index contributed by atoms with van der Waals surface area (Å²) in [4.78, 5) is 7.01. The molecule has 4 nitrogen and oxygen atoms in total. The van der Waals surface area contributed by atoms with Crippen LogP contribution in [-0.2, 0) is 11.3 Å². The monoisotopic (exact) mass is 283 g/mol. The van der Waals surface area contributed by atoms with Gasteiger partial charge in [-0.1, -0.05) is 11.6 Å². The summed E-state index contributed by atoms with van der Waals surface area (Å²) in [6, 6.07) is 3.95. The van der Waals surface area contributed by atoms with Crippen molar-refractivity contribution < 1.29 is 4.74 Å². The fourth-order valence-electron chi connectivity index (χ4n) is 2.59. The first-order valence-electron chi connectivity index (χ1n) is 6.78. The average Bonchev–Trinajstić information content (AvgIpc) is 2.42. The highest BCUT2D eigenvalue weighted by molar-refractivity contribution is 6.31. The first-order chi connectivity index (χ1) is 9.24. The minimum absolute atomic E-state index is 0.601. The highest BCUT2D eigenvalue weighted by Gasteiger charge is 2.21. The van der Waals surface area contributed by atoms with Crippen LogP contribution in [0.15, 0.2) is 12.1 Å². The molecule has 0 spiro atoms. The van der Waals surface area contributed by atoms with Gasteiger partial charge in [0, 0.05) is 26.7 Å². The predicted molar refractivity (Wildman–Crippen MR) is 78.8 cm³/mol. The number of aromatic nitrogens is 1. The van der Waals surface area contributed by atoms with Gasteiger partial charge in [0.1, 0.15) is 5.82 Å². The standard InChI is InChI=1S/C14H22ClN3O/c1-16-8-13-12(15)5-6-14(17-13)18-7-3-4-11(9-18)10-19-2/h5-6,11,16H,3-4,7-10H2,1-2H3. The zero-order valence-electron chi connectivity index (χ0n) is 11.7. The van der Waals surface area contributed by atoms with Gasteiger partial charge in [-0.15, -0.1) is 0 Å². The lowest BCUT2D eigenvalue weighted by Gasteiger charge is -2.33. The van der Waals surface area contributed by atoms with Gasteiger partial charge >= 0.3 is 0 Å². The second-order valence-corrected chi connectivity index (χ2v) is 5.45. The van der Waals surface area contributed by atoms with E-state index >= 15 is 0 Å². The molecule has 106 valence electrons. The summed E-state index contributed by atoms with van der Waals surface area (Å²) >= 11 is 6.15. The van der Waals surface area contributed by atoms with Crippen molar-refractivity contribution in [2.75, 3.05) is 38.8 Å². The van der Waals surface area contributed by atoms with E-state index in [1.54, 1.807) is 7.11 Å². The number of ether oxygens (including phenoxy) is 1. The molecule has 19 heavy (non-hydrogen) atoms. The maximum atomic E-state index is 6.15. The number of hydrogen-bond donors (Lipinski definition) is 1. The lowest BCUT2D eigenvalue weighted by molar-refractivity contribution is 0.143. The van der Waals surface area contributed by atoms with E-state index in [4.69, 9.17) is 16.3 Å². The lowest BCUT2D eigenvalue weighted by atomic mass is 9.99. The van der Waals surface area contributed by atoms with Crippen LogP contribution in [0.3, 0.4) is 0 Å². The first-order valence-corrected chi connectivity index (χ1v) is 7.16. The van der Waals surface area contributed by atoms with Crippen LogP contribution < -0.4 is 10.2 Å². The molecule has 0 saturated carbocycles. The van der Waals surface area contributed by atoms with E-state index in [2.05, 4.69) is 15.2 Å². The summed E-state index contributed by atoms with van der Waals surface area (Å²) in [6.45, 7) is 3.60. The second kappa shape index (κ2) is 7.08. The Morgan fingerprint density at radius 2 is 2.37 bits per heavy atom. The molecule has 0 amide bonds. The van der Waals surface area contributed by atoms with Crippen molar-refractivity contribution in [2.24, 2.45) is 5.92 Å². The molecule has 5 heteroatoms. The zero-order chi connectivity index (χ0) is 13.7. The highest BCUT2D eigenvalue weighted by atomic mass is 35.5. The van der Waals surface area contributed by atoms with Gasteiger partial charge in [-0.3, -0.25) is 0 Å². The molecule has 1 aromatic rings. The highest BCUT2D eigenvalue weighted by Crippen LogP contribution is 2.24. The SMILES string of the molecule is CNCc1nc(N2CCCC(COC)C2)ccc1Cl. The second-order valence-electron chi connectivity index (χ2n) is 5.04. The third-order valence-electron chi connectivity index (χ3n) is 3.49. The molecule has 0 aliphatic carbocycles. The van der Waals surface area contributed by atoms with Crippen LogP contribution in [-0.4, -0.2) is 38.8 Å². The van der Waals surface area contributed by atoms with Crippen LogP contribution >= 0.6 is 11.6 Å². The number of methoxy groups -OCH3 is 1. The minimum atomic E-state index is 0.601. The van der Waals surface area contributed by atoms with Crippen molar-refractivity contribution in [1.29, 1.82) is 0 Å². The molecule has 1 unspecified atom stereocenters. The van der Waals surface area contributed by atoms with E-state index < -0.39 is 0 Å². The molecule has 1 fully saturated rings. The Morgan fingerprint density at radius 1 is 1.53 bits per heavy atom. The topological polar surface area (TPSA) is 37.4 Å². The van der Waals surface area contributed by atoms with Gasteiger partial charge in [0.25, 0.3) is 0 Å². The normalized spacial score (nSPS) is 19.7. The van der Waals surface area contributed by atoms with Gasteiger partial charge < -0.3 is 15.0 Å². The van der Waals surface area contributed by atoms with E-state index in [-0.39, 0.29) is 0 Å². The van der Waals surface area contributed by atoms with E-state index in [0.717, 1.165) is 36.2 Å². The predicted octanol–water partition coefficient (Wildman–Crippen LogP) is 2.32. The Hall–Kier alpha value is -0.840. The maximum absolute atomic E-state index is 6.15. The summed E-state index contributed by atoms with van der Waals surface area (Å²) in [5.74, 6) is 1.62. The molecule has 2 rings (SSSR count). The largest absolute Gasteiger partial charge is 0.384 e. The van der Waals surface area contributed by atoms with Crippen molar-refractivity contribution in [1.82, 2.24) is 10.3 Å². The fourth-order valence-corrected chi connectivity index (χ4v) is 2.76. The number of piperidine rings is 1. The van der Waals surface area contributed by atoms with Crippen LogP contribution in [0.1, 0.15) is 18.5 Å². The minimum Gasteiger partial charge on any atom is -0.384 e. The Bertz CT molecular complexity index is 412. The first kappa shape index (κ1) is 14.6. The van der Waals surface area contributed by atoms with Gasteiger partial charge in [-0.2, -0.15) is 0 Å². The van der Waals surface area contributed by atoms with Crippen LogP contribution in [0.2, 0.25) is 5.02 Å². The van der Waals surface area contributed by atoms with Gasteiger partial charge in [0.2, 0.25) is 0 Å². The molecule has 0 aromatic carbocycles. The Morgan fingerprint density at radius 3 is 3.11 bits per heavy atom. The third-order valence-corrected chi connectivity index (χ3v) is 3.84. The molecular formula is C14H22ClN3O. The summed E-state index contributed by atoms with van der Waals surface area (Å²) in [5, 5.41) is 3.82. The van der Waals surface area contributed by atoms with E-state index in [0.29, 0.717) is 12.5 Å². The van der Waals surface area contributed by atoms with Crippen LogP contribution in [0.25, 0.3) is 0 Å². The molecular weight excluding hydrogens is 262 g/mol. The number of nitrogens with one attached hydrogen (secondary N) is 1. The maximum Gasteiger partial charge on any atom is 0.128 e. The van der Waals surface area contributed by atoms with Gasteiger partial charge in [-0.05, 0) is 37.9 Å². The third kappa shape index (κ3) is 3.81. The number of pyridine rings is 1. The van der Waals surface area contributed by atoms with Crippen LogP contribution in [0.4, 0.5) is 5.82 Å². The fraction of sp³-hybridized carbons (Fsp3) is 0.643. The van der Waals surface area contributed by atoms with Gasteiger partial charge in [0.15, 0.2) is 0 Å². The van der Waals surface area contributed by atoms with E-state index in [1.165, 1.54) is 12.8 Å². The zero-order valence-corrected chi connectivity index (χ0v) is 12.4. The number of halogens is 1. The lowest BCUT2D eigenvalue weighted by Crippen LogP contribution is -2.37. The van der Waals surface area contributed by atoms with E-state index in [1.807, 2.05) is 19.2 Å². The summed E-state index contributed by atoms with van der Waals surface area (Å²) in [7, 11) is 3.67. The van der Waals surface area contributed by atoms with Crippen molar-refractivity contribution >= 4 is 17.4 Å². The van der Waals surface area contributed by atoms with Gasteiger partial charge in [0.05, 0.1) is 17.3 Å². The van der Waals surface area contributed by atoms with Crippen molar-refractivity contribution in [3.63, 3.8) is 0 Å². The smallest absolute Gasteiger partial charge is 0.128 e. The molecule has 1 aliphatic heterocycles. The van der Waals surface area contributed by atoms with Crippen molar-refractivity contribution in [3.05, 3.63) is 22.8 Å². The quantitative estimate of drug-likeness (QED) is 0.900. The Labute approximate surface area is 120 Å². The van der Waals surface area contributed by atoms with E-state index in [9.17, 15) is 0 Å². The molecule has 1 aliphatic rings. The molecule has 2 heterocycles. The molecule has 0 radical (unpaired) electrons. The number of rotatable bonds is 5. The number of hydrogen-bond acceptors (Lipinski definition) is 4. The number of anilines is 1. The van der Waals surface area contributed by atoms with Crippen molar-refractivity contribution in [3.8, 4) is 0 Å². The number of nitrogens with zero attached hydrogens (tertiary/aromatic N) is 2. The van der Waals surface area contributed by atoms with Crippen LogP contribution in [0.5, 0.6) is 0 Å². The summed E-state index contributed by atoms with van der Waals surface area (Å²) in [5.41, 5.74) is 0.913. The van der Waals surface area contributed by atoms with Crippen molar-refractivity contribution in [2.45, 2.75) is 19.4 Å².